The maximum atomic E-state index is 13.3. The molecule has 0 spiro atoms. The summed E-state index contributed by atoms with van der Waals surface area (Å²) in [5, 5.41) is 0. The molecule has 0 unspecified atom stereocenters. The summed E-state index contributed by atoms with van der Waals surface area (Å²) in [6, 6.07) is 10.7. The van der Waals surface area contributed by atoms with Crippen LogP contribution in [0.1, 0.15) is 0 Å². The Kier molecular flexibility index (Phi) is 7.85. The highest BCUT2D eigenvalue weighted by Crippen LogP contribution is 2.16. The van der Waals surface area contributed by atoms with Crippen molar-refractivity contribution in [2.24, 2.45) is 0 Å². The molecule has 0 bridgehead atoms. The molecule has 0 atom stereocenters. The van der Waals surface area contributed by atoms with E-state index in [0.717, 1.165) is 12.1 Å². The van der Waals surface area contributed by atoms with Crippen LogP contribution in [0.15, 0.2) is 48.5 Å². The van der Waals surface area contributed by atoms with Crippen molar-refractivity contribution in [3.63, 3.8) is 0 Å². The van der Waals surface area contributed by atoms with E-state index in [2.05, 4.69) is 42.6 Å². The average molecular weight is 386 g/mol. The van der Waals surface area contributed by atoms with E-state index in [1.54, 1.807) is 0 Å². The summed E-state index contributed by atoms with van der Waals surface area (Å²) in [6.07, 6.45) is -2.24. The highest BCUT2D eigenvalue weighted by Gasteiger charge is 2.09. The van der Waals surface area contributed by atoms with Crippen molar-refractivity contribution in [2.75, 3.05) is 13.2 Å². The number of carbonyl (C=O) groups excluding carboxylic acids is 2. The van der Waals surface area contributed by atoms with Gasteiger partial charge >= 0.3 is 12.3 Å². The predicted molar refractivity (Wildman–Crippen MR) is 92.3 cm³/mol. The molecule has 0 radical (unpaired) electrons. The quantitative estimate of drug-likeness (QED) is 0.453. The molecule has 0 N–H and O–H groups in total. The zero-order chi connectivity index (χ0) is 20.2. The van der Waals surface area contributed by atoms with E-state index in [9.17, 15) is 18.4 Å². The van der Waals surface area contributed by atoms with Crippen molar-refractivity contribution in [3.8, 4) is 35.2 Å². The lowest BCUT2D eigenvalue weighted by Gasteiger charge is -2.03. The molecular weight excluding hydrogens is 374 g/mol. The Hall–Kier alpha value is -4.04. The molecule has 0 amide bonds. The van der Waals surface area contributed by atoms with Gasteiger partial charge in [-0.1, -0.05) is 24.3 Å². The van der Waals surface area contributed by atoms with Crippen LogP contribution < -0.4 is 9.47 Å². The van der Waals surface area contributed by atoms with Gasteiger partial charge in [-0.15, -0.1) is 0 Å². The summed E-state index contributed by atoms with van der Waals surface area (Å²) in [7, 11) is 0. The molecule has 6 nitrogen and oxygen atoms in total. The molecule has 142 valence electrons. The van der Waals surface area contributed by atoms with Crippen LogP contribution >= 0.6 is 0 Å². The highest BCUT2D eigenvalue weighted by molar-refractivity contribution is 5.64. The highest BCUT2D eigenvalue weighted by atomic mass is 19.1. The van der Waals surface area contributed by atoms with E-state index in [4.69, 9.17) is 0 Å². The summed E-state index contributed by atoms with van der Waals surface area (Å²) >= 11 is 0. The number of rotatable bonds is 4. The summed E-state index contributed by atoms with van der Waals surface area (Å²) in [6.45, 7) is -0.670. The normalized spacial score (nSPS) is 9.07. The SMILES string of the molecule is O=C(OCC#CC#CCOC(=O)Oc1ccccc1F)Oc1ccccc1F. The van der Waals surface area contributed by atoms with Crippen molar-refractivity contribution in [1.82, 2.24) is 0 Å². The zero-order valence-electron chi connectivity index (χ0n) is 14.2. The number of benzene rings is 2. The smallest absolute Gasteiger partial charge is 0.421 e. The topological polar surface area (TPSA) is 71.1 Å². The molecular formula is C20H12F2O6. The van der Waals surface area contributed by atoms with Crippen LogP contribution in [0.25, 0.3) is 0 Å². The number of halogens is 2. The Morgan fingerprint density at radius 3 is 1.50 bits per heavy atom. The third kappa shape index (κ3) is 7.06. The molecule has 0 aliphatic carbocycles. The average Bonchev–Trinajstić information content (AvgIpc) is 2.67. The summed E-state index contributed by atoms with van der Waals surface area (Å²) in [5.41, 5.74) is 0. The van der Waals surface area contributed by atoms with Gasteiger partial charge in [-0.3, -0.25) is 0 Å². The first-order valence-corrected chi connectivity index (χ1v) is 7.70. The number of ether oxygens (including phenoxy) is 4. The molecule has 2 aromatic rings. The second-order valence-electron chi connectivity index (χ2n) is 4.75. The van der Waals surface area contributed by atoms with Gasteiger partial charge in [-0.05, 0) is 47.9 Å². The summed E-state index contributed by atoms with van der Waals surface area (Å²) < 4.78 is 45.0. The molecule has 0 heterocycles. The van der Waals surface area contributed by atoms with E-state index < -0.39 is 23.9 Å². The first kappa shape index (κ1) is 20.3. The first-order valence-electron chi connectivity index (χ1n) is 7.70. The lowest BCUT2D eigenvalue weighted by atomic mass is 10.3. The molecule has 0 aliphatic heterocycles. The fraction of sp³-hybridized carbons (Fsp3) is 0.100. The van der Waals surface area contributed by atoms with E-state index in [1.165, 1.54) is 36.4 Å². The Morgan fingerprint density at radius 2 is 1.11 bits per heavy atom. The minimum atomic E-state index is -1.12. The summed E-state index contributed by atoms with van der Waals surface area (Å²) in [4.78, 5) is 22.7. The molecule has 2 rings (SSSR count). The van der Waals surface area contributed by atoms with Crippen LogP contribution in [0.3, 0.4) is 0 Å². The van der Waals surface area contributed by atoms with Gasteiger partial charge in [-0.25, -0.2) is 18.4 Å². The number of hydrogen-bond acceptors (Lipinski definition) is 6. The second kappa shape index (κ2) is 10.8. The summed E-state index contributed by atoms with van der Waals surface area (Å²) in [5.74, 6) is 7.52. The van der Waals surface area contributed by atoms with Gasteiger partial charge in [0, 0.05) is 0 Å². The van der Waals surface area contributed by atoms with E-state index in [-0.39, 0.29) is 24.7 Å². The minimum absolute atomic E-state index is 0.264. The Balaban J connectivity index is 1.65. The van der Waals surface area contributed by atoms with Gasteiger partial charge in [0.1, 0.15) is 0 Å². The van der Waals surface area contributed by atoms with E-state index >= 15 is 0 Å². The maximum absolute atomic E-state index is 13.3. The lowest BCUT2D eigenvalue weighted by Crippen LogP contribution is -2.11. The van der Waals surface area contributed by atoms with Crippen molar-refractivity contribution in [3.05, 3.63) is 60.2 Å². The van der Waals surface area contributed by atoms with Crippen molar-refractivity contribution < 1.29 is 37.3 Å². The van der Waals surface area contributed by atoms with Crippen molar-refractivity contribution in [1.29, 1.82) is 0 Å². The maximum Gasteiger partial charge on any atom is 0.514 e. The van der Waals surface area contributed by atoms with Gasteiger partial charge in [-0.2, -0.15) is 0 Å². The standard InChI is InChI=1S/C20H12F2O6/c21-15-9-3-5-11-17(15)27-19(23)25-13-7-1-2-8-14-26-20(24)28-18-12-6-4-10-16(18)22/h3-6,9-12H,13-14H2. The Bertz CT molecular complexity index is 886. The molecule has 2 aromatic carbocycles. The Morgan fingerprint density at radius 1 is 0.714 bits per heavy atom. The Labute approximate surface area is 159 Å². The van der Waals surface area contributed by atoms with Crippen molar-refractivity contribution >= 4 is 12.3 Å². The van der Waals surface area contributed by atoms with Crippen LogP contribution in [0.4, 0.5) is 18.4 Å². The third-order valence-electron chi connectivity index (χ3n) is 2.82. The second-order valence-corrected chi connectivity index (χ2v) is 4.75. The van der Waals surface area contributed by atoms with Gasteiger partial charge in [0.15, 0.2) is 36.3 Å². The predicted octanol–water partition coefficient (Wildman–Crippen LogP) is 3.70. The van der Waals surface area contributed by atoms with Gasteiger partial charge in [0.25, 0.3) is 0 Å². The fourth-order valence-electron chi connectivity index (χ4n) is 1.64. The molecule has 0 saturated heterocycles. The van der Waals surface area contributed by atoms with Gasteiger partial charge < -0.3 is 18.9 Å². The van der Waals surface area contributed by atoms with E-state index in [0.29, 0.717) is 0 Å². The molecule has 0 aliphatic rings. The van der Waals surface area contributed by atoms with Gasteiger partial charge in [0.05, 0.1) is 0 Å². The van der Waals surface area contributed by atoms with E-state index in [1.807, 2.05) is 0 Å². The largest absolute Gasteiger partial charge is 0.514 e. The third-order valence-corrected chi connectivity index (χ3v) is 2.82. The van der Waals surface area contributed by atoms with Crippen LogP contribution in [-0.2, 0) is 9.47 Å². The molecule has 0 aromatic heterocycles. The molecule has 0 saturated carbocycles. The van der Waals surface area contributed by atoms with Crippen molar-refractivity contribution in [2.45, 2.75) is 0 Å². The van der Waals surface area contributed by atoms with Crippen LogP contribution in [-0.4, -0.2) is 25.5 Å². The van der Waals surface area contributed by atoms with Crippen LogP contribution in [0.2, 0.25) is 0 Å². The number of hydrogen-bond donors (Lipinski definition) is 0. The molecule has 0 fully saturated rings. The minimum Gasteiger partial charge on any atom is -0.421 e. The number of carbonyl (C=O) groups is 2. The fourth-order valence-corrected chi connectivity index (χ4v) is 1.64. The lowest BCUT2D eigenvalue weighted by molar-refractivity contribution is 0.108. The first-order chi connectivity index (χ1) is 13.6. The van der Waals surface area contributed by atoms with Crippen LogP contribution in [0, 0.1) is 35.3 Å². The monoisotopic (exact) mass is 386 g/mol. The molecule has 8 heteroatoms. The number of para-hydroxylation sites is 2. The molecule has 28 heavy (non-hydrogen) atoms. The zero-order valence-corrected chi connectivity index (χ0v) is 14.2. The van der Waals surface area contributed by atoms with Gasteiger partial charge in [0.2, 0.25) is 0 Å². The van der Waals surface area contributed by atoms with Crippen LogP contribution in [0.5, 0.6) is 11.5 Å².